The fourth-order valence-corrected chi connectivity index (χ4v) is 2.59. The van der Waals surface area contributed by atoms with E-state index in [0.29, 0.717) is 17.7 Å². The number of benzene rings is 2. The Labute approximate surface area is 132 Å². The van der Waals surface area contributed by atoms with Gasteiger partial charge in [-0.15, -0.1) is 0 Å². The van der Waals surface area contributed by atoms with Gasteiger partial charge >= 0.3 is 0 Å². The van der Waals surface area contributed by atoms with Crippen LogP contribution in [0.25, 0.3) is 0 Å². The standard InChI is InChI=1S/C17H18BrF2N/c1-4-21-17(12-5-6-14(18)10(2)7-12)13-9-15(19)11(3)8-16(13)20/h5-9,17,21H,4H2,1-3H3. The van der Waals surface area contributed by atoms with Gasteiger partial charge in [0, 0.05) is 10.0 Å². The van der Waals surface area contributed by atoms with Crippen molar-refractivity contribution in [2.75, 3.05) is 6.54 Å². The van der Waals surface area contributed by atoms with Crippen LogP contribution in [0, 0.1) is 25.5 Å². The minimum absolute atomic E-state index is 0.318. The first-order valence-corrected chi connectivity index (χ1v) is 7.68. The van der Waals surface area contributed by atoms with Crippen molar-refractivity contribution in [3.05, 3.63) is 68.7 Å². The maximum atomic E-state index is 14.3. The van der Waals surface area contributed by atoms with Crippen LogP contribution in [-0.2, 0) is 0 Å². The molecule has 0 amide bonds. The fourth-order valence-electron chi connectivity index (χ4n) is 2.34. The van der Waals surface area contributed by atoms with Crippen molar-refractivity contribution in [1.82, 2.24) is 5.32 Å². The SMILES string of the molecule is CCNC(c1ccc(Br)c(C)c1)c1cc(F)c(C)cc1F. The second-order valence-electron chi connectivity index (χ2n) is 5.12. The molecule has 0 bridgehead atoms. The highest BCUT2D eigenvalue weighted by Gasteiger charge is 2.19. The number of rotatable bonds is 4. The maximum absolute atomic E-state index is 14.3. The molecule has 0 saturated heterocycles. The zero-order chi connectivity index (χ0) is 15.6. The lowest BCUT2D eigenvalue weighted by Gasteiger charge is -2.21. The predicted octanol–water partition coefficient (Wildman–Crippen LogP) is 5.04. The van der Waals surface area contributed by atoms with Gasteiger partial charge in [0.2, 0.25) is 0 Å². The Balaban J connectivity index is 2.52. The highest BCUT2D eigenvalue weighted by Crippen LogP contribution is 2.29. The molecule has 1 atom stereocenters. The van der Waals surface area contributed by atoms with Crippen LogP contribution in [0.5, 0.6) is 0 Å². The van der Waals surface area contributed by atoms with E-state index < -0.39 is 0 Å². The molecule has 21 heavy (non-hydrogen) atoms. The molecule has 1 N–H and O–H groups in total. The van der Waals surface area contributed by atoms with E-state index in [4.69, 9.17) is 0 Å². The third kappa shape index (κ3) is 3.50. The van der Waals surface area contributed by atoms with Gasteiger partial charge in [0.05, 0.1) is 6.04 Å². The van der Waals surface area contributed by atoms with E-state index in [0.717, 1.165) is 15.6 Å². The highest BCUT2D eigenvalue weighted by atomic mass is 79.9. The van der Waals surface area contributed by atoms with E-state index in [1.165, 1.54) is 12.1 Å². The second-order valence-corrected chi connectivity index (χ2v) is 5.98. The Morgan fingerprint density at radius 3 is 2.38 bits per heavy atom. The van der Waals surface area contributed by atoms with E-state index in [2.05, 4.69) is 21.2 Å². The lowest BCUT2D eigenvalue weighted by atomic mass is 9.95. The van der Waals surface area contributed by atoms with Gasteiger partial charge in [-0.05, 0) is 55.3 Å². The summed E-state index contributed by atoms with van der Waals surface area (Å²) in [6.07, 6.45) is 0. The average molecular weight is 354 g/mol. The molecule has 0 aliphatic heterocycles. The first-order chi connectivity index (χ1) is 9.93. The van der Waals surface area contributed by atoms with Crippen LogP contribution in [0.1, 0.15) is 35.2 Å². The van der Waals surface area contributed by atoms with Crippen molar-refractivity contribution >= 4 is 15.9 Å². The van der Waals surface area contributed by atoms with Crippen molar-refractivity contribution in [1.29, 1.82) is 0 Å². The molecule has 0 aliphatic carbocycles. The number of hydrogen-bond donors (Lipinski definition) is 1. The molecule has 2 rings (SSSR count). The third-order valence-corrected chi connectivity index (χ3v) is 4.40. The largest absolute Gasteiger partial charge is 0.306 e. The molecule has 2 aromatic carbocycles. The summed E-state index contributed by atoms with van der Waals surface area (Å²) in [5.74, 6) is -0.774. The molecule has 1 nitrogen and oxygen atoms in total. The molecular formula is C17H18BrF2N. The van der Waals surface area contributed by atoms with Crippen molar-refractivity contribution in [3.63, 3.8) is 0 Å². The zero-order valence-corrected chi connectivity index (χ0v) is 13.9. The molecule has 0 aromatic heterocycles. The quantitative estimate of drug-likeness (QED) is 0.811. The minimum atomic E-state index is -0.388. The highest BCUT2D eigenvalue weighted by molar-refractivity contribution is 9.10. The Kier molecular flexibility index (Phi) is 5.12. The van der Waals surface area contributed by atoms with Gasteiger partial charge in [0.25, 0.3) is 0 Å². The maximum Gasteiger partial charge on any atom is 0.128 e. The predicted molar refractivity (Wildman–Crippen MR) is 85.5 cm³/mol. The first kappa shape index (κ1) is 16.1. The van der Waals surface area contributed by atoms with Crippen LogP contribution in [0.3, 0.4) is 0 Å². The van der Waals surface area contributed by atoms with Gasteiger partial charge in [-0.3, -0.25) is 0 Å². The molecular weight excluding hydrogens is 336 g/mol. The molecule has 0 aliphatic rings. The molecule has 4 heteroatoms. The van der Waals surface area contributed by atoms with Gasteiger partial charge in [0.15, 0.2) is 0 Å². The van der Waals surface area contributed by atoms with Crippen LogP contribution >= 0.6 is 15.9 Å². The van der Waals surface area contributed by atoms with E-state index >= 15 is 0 Å². The monoisotopic (exact) mass is 353 g/mol. The van der Waals surface area contributed by atoms with Crippen molar-refractivity contribution in [2.24, 2.45) is 0 Å². The van der Waals surface area contributed by atoms with Gasteiger partial charge in [-0.25, -0.2) is 8.78 Å². The van der Waals surface area contributed by atoms with E-state index in [1.54, 1.807) is 6.92 Å². The Hall–Kier alpha value is -1.26. The van der Waals surface area contributed by atoms with E-state index in [1.807, 2.05) is 32.0 Å². The normalized spacial score (nSPS) is 12.5. The molecule has 0 radical (unpaired) electrons. The Bertz CT molecular complexity index is 655. The summed E-state index contributed by atoms with van der Waals surface area (Å²) >= 11 is 3.45. The smallest absolute Gasteiger partial charge is 0.128 e. The molecule has 112 valence electrons. The summed E-state index contributed by atoms with van der Waals surface area (Å²) in [6, 6.07) is 8.00. The van der Waals surface area contributed by atoms with Crippen molar-refractivity contribution in [3.8, 4) is 0 Å². The number of nitrogens with one attached hydrogen (secondary N) is 1. The summed E-state index contributed by atoms with van der Waals surface area (Å²) in [4.78, 5) is 0. The lowest BCUT2D eigenvalue weighted by Crippen LogP contribution is -2.23. The summed E-state index contributed by atoms with van der Waals surface area (Å²) in [6.45, 7) is 6.15. The Morgan fingerprint density at radius 2 is 1.76 bits per heavy atom. The van der Waals surface area contributed by atoms with Crippen LogP contribution < -0.4 is 5.32 Å². The van der Waals surface area contributed by atoms with Crippen molar-refractivity contribution in [2.45, 2.75) is 26.8 Å². The average Bonchev–Trinajstić information content (AvgIpc) is 2.44. The van der Waals surface area contributed by atoms with Crippen LogP contribution in [-0.4, -0.2) is 6.54 Å². The van der Waals surface area contributed by atoms with Crippen molar-refractivity contribution < 1.29 is 8.78 Å². The van der Waals surface area contributed by atoms with Crippen LogP contribution in [0.4, 0.5) is 8.78 Å². The fraction of sp³-hybridized carbons (Fsp3) is 0.294. The molecule has 0 spiro atoms. The second kappa shape index (κ2) is 6.67. The lowest BCUT2D eigenvalue weighted by molar-refractivity contribution is 0.541. The summed E-state index contributed by atoms with van der Waals surface area (Å²) in [7, 11) is 0. The van der Waals surface area contributed by atoms with E-state index in [9.17, 15) is 8.78 Å². The van der Waals surface area contributed by atoms with Crippen LogP contribution in [0.2, 0.25) is 0 Å². The molecule has 2 aromatic rings. The molecule has 1 unspecified atom stereocenters. The van der Waals surface area contributed by atoms with Gasteiger partial charge in [-0.2, -0.15) is 0 Å². The number of hydrogen-bond acceptors (Lipinski definition) is 1. The molecule has 0 heterocycles. The Morgan fingerprint density at radius 1 is 1.05 bits per heavy atom. The topological polar surface area (TPSA) is 12.0 Å². The molecule has 0 fully saturated rings. The minimum Gasteiger partial charge on any atom is -0.306 e. The molecule has 0 saturated carbocycles. The summed E-state index contributed by atoms with van der Waals surface area (Å²) in [5.41, 5.74) is 2.63. The summed E-state index contributed by atoms with van der Waals surface area (Å²) < 4.78 is 29.1. The number of aryl methyl sites for hydroxylation is 2. The van der Waals surface area contributed by atoms with Gasteiger partial charge in [-0.1, -0.05) is 35.0 Å². The van der Waals surface area contributed by atoms with E-state index in [-0.39, 0.29) is 17.7 Å². The first-order valence-electron chi connectivity index (χ1n) is 6.89. The zero-order valence-electron chi connectivity index (χ0n) is 12.3. The van der Waals surface area contributed by atoms with Crippen LogP contribution in [0.15, 0.2) is 34.8 Å². The van der Waals surface area contributed by atoms with Gasteiger partial charge < -0.3 is 5.32 Å². The third-order valence-electron chi connectivity index (χ3n) is 3.51. The summed E-state index contributed by atoms with van der Waals surface area (Å²) in [5, 5.41) is 3.23. The van der Waals surface area contributed by atoms with Gasteiger partial charge in [0.1, 0.15) is 11.6 Å². The number of halogens is 3.